The van der Waals surface area contributed by atoms with Gasteiger partial charge in [0.2, 0.25) is 11.8 Å². The molecule has 0 aliphatic carbocycles. The van der Waals surface area contributed by atoms with Gasteiger partial charge in [-0.25, -0.2) is 8.88 Å². The van der Waals surface area contributed by atoms with E-state index in [4.69, 9.17) is 9.47 Å². The molecule has 12 nitrogen and oxygen atoms in total. The summed E-state index contributed by atoms with van der Waals surface area (Å²) in [5.41, 5.74) is -0.00929. The molecule has 0 aliphatic heterocycles. The standard InChI is InChI=1S/C33H43N5O7S/c1-32(2,3)45-31(43)37-33(4,5)30(42)36-27(14-10-13-22-11-8-7-9-12-22)28(39)35-24-19-34-38(20-24)46-21-26(29(40)41)23-15-17-25(44-6)18-16-23/h7-9,11-12,15-20,26-27H,10,13-14,21H2,1-6H3,(H,35,39)(H,36,42)(H,37,43)(H,40,41)/t26?,27-/m1/s1. The van der Waals surface area contributed by atoms with Crippen LogP contribution in [0.25, 0.3) is 0 Å². The second-order valence-corrected chi connectivity index (χ2v) is 13.2. The number of nitrogens with one attached hydrogen (secondary N) is 3. The zero-order valence-corrected chi connectivity index (χ0v) is 27.8. The first kappa shape index (κ1) is 36.0. The number of rotatable bonds is 15. The molecule has 3 rings (SSSR count). The first-order valence-corrected chi connectivity index (χ1v) is 15.8. The predicted molar refractivity (Wildman–Crippen MR) is 177 cm³/mol. The molecular weight excluding hydrogens is 610 g/mol. The molecule has 1 aromatic heterocycles. The van der Waals surface area contributed by atoms with E-state index in [2.05, 4.69) is 21.0 Å². The highest BCUT2D eigenvalue weighted by atomic mass is 32.2. The molecule has 13 heteroatoms. The summed E-state index contributed by atoms with van der Waals surface area (Å²) >= 11 is 1.17. The maximum absolute atomic E-state index is 13.5. The molecule has 46 heavy (non-hydrogen) atoms. The Hall–Kier alpha value is -4.52. The van der Waals surface area contributed by atoms with Gasteiger partial charge in [-0.1, -0.05) is 42.5 Å². The summed E-state index contributed by atoms with van der Waals surface area (Å²) in [6.07, 6.45) is 3.92. The molecule has 0 saturated heterocycles. The summed E-state index contributed by atoms with van der Waals surface area (Å²) in [5, 5.41) is 22.2. The van der Waals surface area contributed by atoms with Crippen molar-refractivity contribution in [3.05, 3.63) is 78.1 Å². The average molecular weight is 654 g/mol. The molecule has 0 bridgehead atoms. The van der Waals surface area contributed by atoms with Gasteiger partial charge in [-0.2, -0.15) is 5.10 Å². The van der Waals surface area contributed by atoms with Gasteiger partial charge in [0.1, 0.15) is 22.9 Å². The molecule has 0 radical (unpaired) electrons. The average Bonchev–Trinajstić information content (AvgIpc) is 3.43. The lowest BCUT2D eigenvalue weighted by molar-refractivity contribution is -0.138. The highest BCUT2D eigenvalue weighted by Crippen LogP contribution is 2.25. The molecule has 1 unspecified atom stereocenters. The van der Waals surface area contributed by atoms with Crippen LogP contribution in [0.3, 0.4) is 0 Å². The first-order valence-electron chi connectivity index (χ1n) is 14.9. The minimum absolute atomic E-state index is 0.189. The molecular formula is C33H43N5O7S. The molecule has 2 aromatic carbocycles. The van der Waals surface area contributed by atoms with E-state index in [9.17, 15) is 24.3 Å². The molecule has 3 aromatic rings. The van der Waals surface area contributed by atoms with Crippen LogP contribution in [0.2, 0.25) is 0 Å². The van der Waals surface area contributed by atoms with Gasteiger partial charge in [-0.3, -0.25) is 14.4 Å². The number of carbonyl (C=O) groups excluding carboxylic acids is 3. The quantitative estimate of drug-likeness (QED) is 0.177. The number of aliphatic carboxylic acids is 1. The smallest absolute Gasteiger partial charge is 0.408 e. The third-order valence-electron chi connectivity index (χ3n) is 6.82. The SMILES string of the molecule is COc1ccc(C(CSn2cc(NC(=O)[C@@H](CCCc3ccccc3)NC(=O)C(C)(C)NC(=O)OC(C)(C)C)cn2)C(=O)O)cc1. The topological polar surface area (TPSA) is 161 Å². The van der Waals surface area contributed by atoms with E-state index in [0.717, 1.165) is 5.56 Å². The molecule has 248 valence electrons. The molecule has 0 spiro atoms. The van der Waals surface area contributed by atoms with Crippen LogP contribution in [0.4, 0.5) is 10.5 Å². The number of nitrogens with zero attached hydrogens (tertiary/aromatic N) is 2. The van der Waals surface area contributed by atoms with Crippen LogP contribution in [0.1, 0.15) is 64.5 Å². The number of methoxy groups -OCH3 is 1. The van der Waals surface area contributed by atoms with Gasteiger partial charge >= 0.3 is 12.1 Å². The summed E-state index contributed by atoms with van der Waals surface area (Å²) in [6.45, 7) is 8.22. The second-order valence-electron chi connectivity index (χ2n) is 12.2. The van der Waals surface area contributed by atoms with Crippen molar-refractivity contribution >= 4 is 41.5 Å². The minimum atomic E-state index is -1.37. The van der Waals surface area contributed by atoms with Gasteiger partial charge in [0.05, 0.1) is 31.1 Å². The number of hydrogen-bond acceptors (Lipinski definition) is 8. The number of carbonyl (C=O) groups is 4. The van der Waals surface area contributed by atoms with Crippen molar-refractivity contribution in [3.8, 4) is 5.75 Å². The van der Waals surface area contributed by atoms with E-state index in [1.165, 1.54) is 36.1 Å². The lowest BCUT2D eigenvalue weighted by Gasteiger charge is -2.29. The number of aryl methyl sites for hydroxylation is 1. The van der Waals surface area contributed by atoms with Gasteiger partial charge in [-0.05, 0) is 89.1 Å². The predicted octanol–water partition coefficient (Wildman–Crippen LogP) is 5.01. The fourth-order valence-electron chi connectivity index (χ4n) is 4.34. The largest absolute Gasteiger partial charge is 0.497 e. The van der Waals surface area contributed by atoms with E-state index in [0.29, 0.717) is 36.3 Å². The second kappa shape index (κ2) is 16.2. The highest BCUT2D eigenvalue weighted by molar-refractivity contribution is 7.97. The molecule has 0 aliphatic rings. The van der Waals surface area contributed by atoms with Crippen molar-refractivity contribution in [1.29, 1.82) is 0 Å². The fourth-order valence-corrected chi connectivity index (χ4v) is 5.28. The zero-order valence-electron chi connectivity index (χ0n) is 27.0. The fraction of sp³-hybridized carbons (Fsp3) is 0.424. The first-order chi connectivity index (χ1) is 21.7. The number of anilines is 1. The Kier molecular flexibility index (Phi) is 12.6. The van der Waals surface area contributed by atoms with E-state index >= 15 is 0 Å². The normalized spacial score (nSPS) is 12.8. The molecule has 2 atom stereocenters. The van der Waals surface area contributed by atoms with E-state index in [1.807, 2.05) is 30.3 Å². The lowest BCUT2D eigenvalue weighted by atomic mass is 10.0. The maximum atomic E-state index is 13.5. The van der Waals surface area contributed by atoms with E-state index in [-0.39, 0.29) is 5.75 Å². The van der Waals surface area contributed by atoms with E-state index in [1.54, 1.807) is 58.3 Å². The minimum Gasteiger partial charge on any atom is -0.497 e. The van der Waals surface area contributed by atoms with Crippen LogP contribution < -0.4 is 20.7 Å². The summed E-state index contributed by atoms with van der Waals surface area (Å²) in [7, 11) is 1.54. The molecule has 3 amide bonds. The van der Waals surface area contributed by atoms with Gasteiger partial charge in [0, 0.05) is 5.75 Å². The summed E-state index contributed by atoms with van der Waals surface area (Å²) in [6, 6.07) is 15.7. The van der Waals surface area contributed by atoms with Crippen LogP contribution in [0, 0.1) is 0 Å². The number of ether oxygens (including phenoxy) is 2. The summed E-state index contributed by atoms with van der Waals surface area (Å²) in [4.78, 5) is 51.1. The van der Waals surface area contributed by atoms with E-state index < -0.39 is 47.0 Å². The van der Waals surface area contributed by atoms with Crippen LogP contribution in [-0.4, -0.2) is 68.2 Å². The third-order valence-corrected chi connectivity index (χ3v) is 7.77. The number of amides is 3. The number of carboxylic acid groups (broad SMARTS) is 1. The molecule has 1 heterocycles. The molecule has 0 saturated carbocycles. The number of hydrogen-bond donors (Lipinski definition) is 4. The van der Waals surface area contributed by atoms with Crippen LogP contribution >= 0.6 is 11.9 Å². The molecule has 0 fully saturated rings. The van der Waals surface area contributed by atoms with Crippen molar-refractivity contribution in [2.75, 3.05) is 18.2 Å². The lowest BCUT2D eigenvalue weighted by Crippen LogP contribution is -2.58. The Morgan fingerprint density at radius 2 is 1.67 bits per heavy atom. The van der Waals surface area contributed by atoms with Gasteiger partial charge in [0.15, 0.2) is 0 Å². The number of aromatic nitrogens is 2. The Bertz CT molecular complexity index is 1470. The highest BCUT2D eigenvalue weighted by Gasteiger charge is 2.34. The molecule has 4 N–H and O–H groups in total. The Balaban J connectivity index is 1.67. The van der Waals surface area contributed by atoms with Crippen LogP contribution in [-0.2, 0) is 25.5 Å². The summed E-state index contributed by atoms with van der Waals surface area (Å²) < 4.78 is 11.9. The number of carboxylic acids is 1. The van der Waals surface area contributed by atoms with Crippen LogP contribution in [0.5, 0.6) is 5.75 Å². The maximum Gasteiger partial charge on any atom is 0.408 e. The van der Waals surface area contributed by atoms with Gasteiger partial charge in [0.25, 0.3) is 0 Å². The van der Waals surface area contributed by atoms with Gasteiger partial charge < -0.3 is 30.5 Å². The zero-order chi connectivity index (χ0) is 33.9. The Morgan fingerprint density at radius 1 is 1.00 bits per heavy atom. The Morgan fingerprint density at radius 3 is 2.28 bits per heavy atom. The number of benzene rings is 2. The Labute approximate surface area is 273 Å². The van der Waals surface area contributed by atoms with Crippen molar-refractivity contribution in [2.24, 2.45) is 0 Å². The van der Waals surface area contributed by atoms with Crippen molar-refractivity contribution in [2.45, 2.75) is 77.0 Å². The van der Waals surface area contributed by atoms with Crippen molar-refractivity contribution in [1.82, 2.24) is 19.8 Å². The monoisotopic (exact) mass is 653 g/mol. The number of alkyl carbamates (subject to hydrolysis) is 1. The van der Waals surface area contributed by atoms with Crippen molar-refractivity contribution in [3.63, 3.8) is 0 Å². The summed E-state index contributed by atoms with van der Waals surface area (Å²) in [5.74, 6) is -1.96. The van der Waals surface area contributed by atoms with Gasteiger partial charge in [-0.15, -0.1) is 0 Å². The third kappa shape index (κ3) is 11.4. The van der Waals surface area contributed by atoms with Crippen molar-refractivity contribution < 1.29 is 33.8 Å². The van der Waals surface area contributed by atoms with Crippen LogP contribution in [0.15, 0.2) is 67.0 Å².